The summed E-state index contributed by atoms with van der Waals surface area (Å²) in [6.45, 7) is 2.61. The van der Waals surface area contributed by atoms with Gasteiger partial charge in [-0.05, 0) is 30.2 Å². The lowest BCUT2D eigenvalue weighted by Crippen LogP contribution is -2.23. The Morgan fingerprint density at radius 3 is 2.45 bits per heavy atom. The van der Waals surface area contributed by atoms with E-state index in [1.165, 1.54) is 0 Å². The highest BCUT2D eigenvalue weighted by molar-refractivity contribution is 6.30. The first-order valence-electron chi connectivity index (χ1n) is 7.14. The van der Waals surface area contributed by atoms with Crippen LogP contribution in [0.1, 0.15) is 28.8 Å². The molecule has 0 amide bonds. The van der Waals surface area contributed by atoms with Crippen LogP contribution < -0.4 is 5.32 Å². The first kappa shape index (κ1) is 14.8. The second-order valence-corrected chi connectivity index (χ2v) is 5.57. The number of nitrogens with one attached hydrogen (secondary N) is 2. The number of halogens is 1. The minimum absolute atomic E-state index is 0.0539. The van der Waals surface area contributed by atoms with E-state index in [1.54, 1.807) is 0 Å². The van der Waals surface area contributed by atoms with E-state index in [-0.39, 0.29) is 6.04 Å². The number of hydrogen-bond donors (Lipinski definition) is 2. The molecule has 2 aromatic carbocycles. The molecule has 1 aromatic heterocycles. The van der Waals surface area contributed by atoms with Crippen LogP contribution in [-0.4, -0.2) is 15.2 Å². The van der Waals surface area contributed by atoms with Gasteiger partial charge in [-0.3, -0.25) is 10.4 Å². The number of aryl methyl sites for hydroxylation is 1. The monoisotopic (exact) mass is 312 g/mol. The molecular weight excluding hydrogens is 296 g/mol. The lowest BCUT2D eigenvalue weighted by molar-refractivity contribution is 0.577. The first-order valence-corrected chi connectivity index (χ1v) is 7.52. The Bertz CT molecular complexity index is 722. The molecule has 0 unspecified atom stereocenters. The molecule has 0 aliphatic heterocycles. The van der Waals surface area contributed by atoms with Crippen molar-refractivity contribution in [2.45, 2.75) is 19.5 Å². The second-order valence-electron chi connectivity index (χ2n) is 5.13. The number of rotatable bonds is 5. The summed E-state index contributed by atoms with van der Waals surface area (Å²) in [6.07, 6.45) is 0. The lowest BCUT2D eigenvalue weighted by atomic mass is 10.1. The van der Waals surface area contributed by atoms with Gasteiger partial charge in [0.25, 0.3) is 0 Å². The van der Waals surface area contributed by atoms with Gasteiger partial charge in [0.1, 0.15) is 5.82 Å². The van der Waals surface area contributed by atoms with Crippen LogP contribution in [0.15, 0.2) is 54.6 Å². The molecule has 3 aromatic rings. The Morgan fingerprint density at radius 2 is 1.82 bits per heavy atom. The van der Waals surface area contributed by atoms with Gasteiger partial charge in [0.2, 0.25) is 0 Å². The van der Waals surface area contributed by atoms with E-state index in [2.05, 4.69) is 32.6 Å². The van der Waals surface area contributed by atoms with E-state index in [0.29, 0.717) is 6.54 Å². The molecule has 112 valence electrons. The number of aromatic amines is 1. The Morgan fingerprint density at radius 1 is 1.09 bits per heavy atom. The molecule has 0 saturated carbocycles. The normalized spacial score (nSPS) is 12.3. The van der Waals surface area contributed by atoms with E-state index < -0.39 is 0 Å². The van der Waals surface area contributed by atoms with Crippen molar-refractivity contribution in [2.24, 2.45) is 0 Å². The molecule has 0 bridgehead atoms. The zero-order valence-corrected chi connectivity index (χ0v) is 13.0. The molecule has 0 aliphatic carbocycles. The highest BCUT2D eigenvalue weighted by Crippen LogP contribution is 2.19. The summed E-state index contributed by atoms with van der Waals surface area (Å²) in [6, 6.07) is 18.0. The second kappa shape index (κ2) is 6.73. The number of hydrogen-bond acceptors (Lipinski definition) is 3. The van der Waals surface area contributed by atoms with Gasteiger partial charge in [-0.1, -0.05) is 54.1 Å². The molecule has 3 rings (SSSR count). The summed E-state index contributed by atoms with van der Waals surface area (Å²) < 4.78 is 0. The standard InChI is InChI=1S/C17H17ClN4/c1-12-20-17(22-21-12)16(14-5-3-2-4-6-14)19-11-13-7-9-15(18)10-8-13/h2-10,16,19H,11H2,1H3,(H,20,21,22)/t16-/m1/s1. The predicted octanol–water partition coefficient (Wildman–Crippen LogP) is 3.65. The van der Waals surface area contributed by atoms with E-state index in [1.807, 2.05) is 49.4 Å². The van der Waals surface area contributed by atoms with Gasteiger partial charge in [0.05, 0.1) is 6.04 Å². The van der Waals surface area contributed by atoms with Crippen LogP contribution in [0.2, 0.25) is 5.02 Å². The van der Waals surface area contributed by atoms with Crippen LogP contribution in [0.5, 0.6) is 0 Å². The maximum absolute atomic E-state index is 5.92. The van der Waals surface area contributed by atoms with Gasteiger partial charge in [-0.15, -0.1) is 0 Å². The summed E-state index contributed by atoms with van der Waals surface area (Å²) in [7, 11) is 0. The van der Waals surface area contributed by atoms with Crippen LogP contribution in [0.3, 0.4) is 0 Å². The van der Waals surface area contributed by atoms with Crippen LogP contribution in [0.4, 0.5) is 0 Å². The highest BCUT2D eigenvalue weighted by atomic mass is 35.5. The van der Waals surface area contributed by atoms with E-state index in [0.717, 1.165) is 27.8 Å². The van der Waals surface area contributed by atoms with Crippen molar-refractivity contribution in [1.29, 1.82) is 0 Å². The topological polar surface area (TPSA) is 53.6 Å². The van der Waals surface area contributed by atoms with Crippen molar-refractivity contribution in [3.8, 4) is 0 Å². The fourth-order valence-electron chi connectivity index (χ4n) is 2.31. The van der Waals surface area contributed by atoms with Crippen molar-refractivity contribution in [2.75, 3.05) is 0 Å². The summed E-state index contributed by atoms with van der Waals surface area (Å²) in [4.78, 5) is 4.46. The molecule has 0 saturated heterocycles. The molecule has 4 nitrogen and oxygen atoms in total. The number of benzene rings is 2. The summed E-state index contributed by atoms with van der Waals surface area (Å²) in [5.41, 5.74) is 2.30. The Balaban J connectivity index is 1.81. The van der Waals surface area contributed by atoms with Gasteiger partial charge >= 0.3 is 0 Å². The van der Waals surface area contributed by atoms with Crippen molar-refractivity contribution < 1.29 is 0 Å². The smallest absolute Gasteiger partial charge is 0.172 e. The third kappa shape index (κ3) is 3.53. The van der Waals surface area contributed by atoms with Gasteiger partial charge < -0.3 is 0 Å². The predicted molar refractivity (Wildman–Crippen MR) is 87.7 cm³/mol. The Labute approximate surface area is 134 Å². The third-order valence-corrected chi connectivity index (χ3v) is 3.68. The maximum atomic E-state index is 5.92. The van der Waals surface area contributed by atoms with Crippen LogP contribution in [-0.2, 0) is 6.54 Å². The SMILES string of the molecule is Cc1nc([C@H](NCc2ccc(Cl)cc2)c2ccccc2)n[nH]1. The molecular formula is C17H17ClN4. The average molecular weight is 313 g/mol. The summed E-state index contributed by atoms with van der Waals surface area (Å²) in [5, 5.41) is 11.5. The Hall–Kier alpha value is -2.17. The number of H-pyrrole nitrogens is 1. The molecule has 22 heavy (non-hydrogen) atoms. The minimum Gasteiger partial charge on any atom is -0.299 e. The average Bonchev–Trinajstić information content (AvgIpc) is 2.97. The maximum Gasteiger partial charge on any atom is 0.172 e. The fraction of sp³-hybridized carbons (Fsp3) is 0.176. The van der Waals surface area contributed by atoms with Gasteiger partial charge in [0, 0.05) is 11.6 Å². The molecule has 2 N–H and O–H groups in total. The van der Waals surface area contributed by atoms with E-state index in [4.69, 9.17) is 11.6 Å². The van der Waals surface area contributed by atoms with Crippen molar-refractivity contribution in [1.82, 2.24) is 20.5 Å². The van der Waals surface area contributed by atoms with Crippen molar-refractivity contribution in [3.05, 3.63) is 82.4 Å². The number of nitrogens with zero attached hydrogens (tertiary/aromatic N) is 2. The van der Waals surface area contributed by atoms with Crippen LogP contribution >= 0.6 is 11.6 Å². The van der Waals surface area contributed by atoms with Gasteiger partial charge in [0.15, 0.2) is 5.82 Å². The van der Waals surface area contributed by atoms with E-state index >= 15 is 0 Å². The highest BCUT2D eigenvalue weighted by Gasteiger charge is 2.17. The summed E-state index contributed by atoms with van der Waals surface area (Å²) >= 11 is 5.92. The van der Waals surface area contributed by atoms with Crippen molar-refractivity contribution >= 4 is 11.6 Å². The Kier molecular flexibility index (Phi) is 4.51. The molecule has 0 fully saturated rings. The number of aromatic nitrogens is 3. The molecule has 0 spiro atoms. The largest absolute Gasteiger partial charge is 0.299 e. The zero-order chi connectivity index (χ0) is 15.4. The molecule has 1 heterocycles. The zero-order valence-electron chi connectivity index (χ0n) is 12.3. The van der Waals surface area contributed by atoms with Gasteiger partial charge in [-0.2, -0.15) is 5.10 Å². The first-order chi connectivity index (χ1) is 10.7. The quantitative estimate of drug-likeness (QED) is 0.756. The minimum atomic E-state index is -0.0539. The van der Waals surface area contributed by atoms with Gasteiger partial charge in [-0.25, -0.2) is 4.98 Å². The van der Waals surface area contributed by atoms with E-state index in [9.17, 15) is 0 Å². The molecule has 0 aliphatic rings. The fourth-order valence-corrected chi connectivity index (χ4v) is 2.44. The third-order valence-electron chi connectivity index (χ3n) is 3.43. The summed E-state index contributed by atoms with van der Waals surface area (Å²) in [5.74, 6) is 1.56. The lowest BCUT2D eigenvalue weighted by Gasteiger charge is -2.16. The molecule has 1 atom stereocenters. The molecule has 5 heteroatoms. The molecule has 0 radical (unpaired) electrons. The van der Waals surface area contributed by atoms with Crippen LogP contribution in [0, 0.1) is 6.92 Å². The van der Waals surface area contributed by atoms with Crippen LogP contribution in [0.25, 0.3) is 0 Å². The van der Waals surface area contributed by atoms with Crippen molar-refractivity contribution in [3.63, 3.8) is 0 Å².